The third-order valence-electron chi connectivity index (χ3n) is 8.22. The topological polar surface area (TPSA) is 130 Å². The van der Waals surface area contributed by atoms with Crippen LogP contribution in [0, 0.1) is 0 Å². The van der Waals surface area contributed by atoms with Gasteiger partial charge in [-0.15, -0.1) is 0 Å². The fourth-order valence-electron chi connectivity index (χ4n) is 5.77. The average Bonchev–Trinajstić information content (AvgIpc) is 3.47. The van der Waals surface area contributed by atoms with Crippen LogP contribution in [0.3, 0.4) is 0 Å². The summed E-state index contributed by atoms with van der Waals surface area (Å²) in [4.78, 5) is 59.0. The van der Waals surface area contributed by atoms with Crippen LogP contribution >= 0.6 is 0 Å². The molecule has 4 aliphatic rings. The van der Waals surface area contributed by atoms with Gasteiger partial charge in [-0.25, -0.2) is 0 Å². The van der Waals surface area contributed by atoms with E-state index < -0.39 is 6.04 Å². The van der Waals surface area contributed by atoms with Crippen molar-refractivity contribution in [1.82, 2.24) is 25.4 Å². The molecule has 1 aromatic heterocycles. The molecular weight excluding hydrogens is 562 g/mol. The molecule has 0 spiro atoms. The van der Waals surface area contributed by atoms with E-state index in [0.717, 1.165) is 17.5 Å². The first-order valence-electron chi connectivity index (χ1n) is 15.0. The van der Waals surface area contributed by atoms with Crippen LogP contribution in [0.4, 0.5) is 0 Å². The Morgan fingerprint density at radius 2 is 1.80 bits per heavy atom. The summed E-state index contributed by atoms with van der Waals surface area (Å²) in [6, 6.07) is 15.9. The monoisotopic (exact) mass is 597 g/mol. The standard InChI is InChI=1S/C33H35N5O6/c39-30-21-43-27-4-1-3-23(16-27)24-15-25(19-34-18-24)33(42)36-28-20-38(32(41)11-14-37-12-2-5-31(37)40)13-10-29(28)44-26-8-6-22(7-9-26)17-35-30/h1,3-4,6-9,15-16,18-19,28-29H,2,5,10-14,17,20-21H2,(H,35,39)(H,36,42)/t28-,29+/m1/s1. The number of piperidine rings is 1. The lowest BCUT2D eigenvalue weighted by Gasteiger charge is -2.39. The average molecular weight is 598 g/mol. The molecule has 44 heavy (non-hydrogen) atoms. The Bertz CT molecular complexity index is 1540. The van der Waals surface area contributed by atoms with Gasteiger partial charge in [0.1, 0.15) is 17.6 Å². The molecule has 0 radical (unpaired) electrons. The molecule has 6 bridgehead atoms. The molecule has 4 aliphatic heterocycles. The Morgan fingerprint density at radius 3 is 2.61 bits per heavy atom. The number of fused-ring (bicyclic) bond motifs is 7. The maximum Gasteiger partial charge on any atom is 0.258 e. The smallest absolute Gasteiger partial charge is 0.258 e. The van der Waals surface area contributed by atoms with Gasteiger partial charge in [0, 0.05) is 69.9 Å². The van der Waals surface area contributed by atoms with E-state index >= 15 is 0 Å². The number of amides is 4. The number of hydrogen-bond donors (Lipinski definition) is 2. The van der Waals surface area contributed by atoms with Gasteiger partial charge in [0.2, 0.25) is 11.8 Å². The van der Waals surface area contributed by atoms with Crippen LogP contribution < -0.4 is 20.1 Å². The number of ether oxygens (including phenoxy) is 2. The van der Waals surface area contributed by atoms with Crippen molar-refractivity contribution in [3.05, 3.63) is 78.1 Å². The van der Waals surface area contributed by atoms with Gasteiger partial charge in [0.25, 0.3) is 11.8 Å². The second kappa shape index (κ2) is 13.2. The lowest BCUT2D eigenvalue weighted by molar-refractivity contribution is -0.135. The summed E-state index contributed by atoms with van der Waals surface area (Å²) in [5.74, 6) is 0.603. The highest BCUT2D eigenvalue weighted by Crippen LogP contribution is 2.25. The summed E-state index contributed by atoms with van der Waals surface area (Å²) >= 11 is 0. The molecule has 2 atom stereocenters. The van der Waals surface area contributed by atoms with Crippen molar-refractivity contribution in [1.29, 1.82) is 0 Å². The normalized spacial score (nSPS) is 20.6. The van der Waals surface area contributed by atoms with Crippen molar-refractivity contribution >= 4 is 23.6 Å². The zero-order valence-electron chi connectivity index (χ0n) is 24.4. The molecule has 228 valence electrons. The third kappa shape index (κ3) is 6.99. The minimum absolute atomic E-state index is 0.0546. The van der Waals surface area contributed by atoms with E-state index in [4.69, 9.17) is 9.47 Å². The predicted octanol–water partition coefficient (Wildman–Crippen LogP) is 2.55. The van der Waals surface area contributed by atoms with E-state index in [-0.39, 0.29) is 49.3 Å². The van der Waals surface area contributed by atoms with Crippen molar-refractivity contribution in [2.24, 2.45) is 0 Å². The van der Waals surface area contributed by atoms with Gasteiger partial charge < -0.3 is 29.9 Å². The van der Waals surface area contributed by atoms with Crippen LogP contribution in [0.15, 0.2) is 67.0 Å². The molecule has 0 unspecified atom stereocenters. The largest absolute Gasteiger partial charge is 0.488 e. The molecule has 3 aromatic rings. The highest BCUT2D eigenvalue weighted by molar-refractivity contribution is 5.95. The lowest BCUT2D eigenvalue weighted by atomic mass is 10.00. The molecule has 2 N–H and O–H groups in total. The molecule has 2 fully saturated rings. The number of carbonyl (C=O) groups is 4. The van der Waals surface area contributed by atoms with Crippen LogP contribution in [0.25, 0.3) is 11.1 Å². The molecule has 0 aliphatic carbocycles. The summed E-state index contributed by atoms with van der Waals surface area (Å²) in [6.07, 6.45) is 4.90. The molecule has 7 rings (SSSR count). The van der Waals surface area contributed by atoms with Gasteiger partial charge in [0.15, 0.2) is 6.61 Å². The highest BCUT2D eigenvalue weighted by atomic mass is 16.5. The molecule has 4 amide bonds. The Kier molecular flexibility index (Phi) is 8.71. The second-order valence-electron chi connectivity index (χ2n) is 11.3. The minimum atomic E-state index is -0.487. The Hall–Kier alpha value is -4.93. The fourth-order valence-corrected chi connectivity index (χ4v) is 5.77. The summed E-state index contributed by atoms with van der Waals surface area (Å²) in [7, 11) is 0. The van der Waals surface area contributed by atoms with Crippen LogP contribution in [-0.2, 0) is 20.9 Å². The SMILES string of the molecule is O=C1COc2cccc(c2)-c2cncc(c2)C(=O)N[C@@H]2CN(C(=O)CCN3CCCC3=O)CC[C@@H]2Oc2ccc(cc2)CN1. The van der Waals surface area contributed by atoms with Gasteiger partial charge >= 0.3 is 0 Å². The number of nitrogens with zero attached hydrogens (tertiary/aromatic N) is 3. The second-order valence-corrected chi connectivity index (χ2v) is 11.3. The number of rotatable bonds is 3. The zero-order chi connectivity index (χ0) is 30.5. The summed E-state index contributed by atoms with van der Waals surface area (Å²) in [5, 5.41) is 5.98. The predicted molar refractivity (Wildman–Crippen MR) is 161 cm³/mol. The van der Waals surface area contributed by atoms with E-state index in [1.807, 2.05) is 36.4 Å². The Labute approximate surface area is 255 Å². The number of aromatic nitrogens is 1. The number of benzene rings is 2. The van der Waals surface area contributed by atoms with Crippen LogP contribution in [-0.4, -0.2) is 83.3 Å². The van der Waals surface area contributed by atoms with Crippen molar-refractivity contribution in [2.75, 3.05) is 32.8 Å². The molecule has 11 heteroatoms. The number of carbonyl (C=O) groups excluding carboxylic acids is 4. The minimum Gasteiger partial charge on any atom is -0.488 e. The van der Waals surface area contributed by atoms with Crippen molar-refractivity contribution < 1.29 is 28.7 Å². The number of likely N-dealkylation sites (tertiary alicyclic amines) is 2. The first kappa shape index (κ1) is 29.2. The molecule has 0 saturated carbocycles. The van der Waals surface area contributed by atoms with Crippen LogP contribution in [0.2, 0.25) is 0 Å². The molecular formula is C33H35N5O6. The van der Waals surface area contributed by atoms with Gasteiger partial charge in [-0.3, -0.25) is 24.2 Å². The van der Waals surface area contributed by atoms with Crippen LogP contribution in [0.5, 0.6) is 11.5 Å². The van der Waals surface area contributed by atoms with Crippen molar-refractivity contribution in [3.63, 3.8) is 0 Å². The molecule has 5 heterocycles. The third-order valence-corrected chi connectivity index (χ3v) is 8.22. The van der Waals surface area contributed by atoms with Gasteiger partial charge in [-0.2, -0.15) is 0 Å². The highest BCUT2D eigenvalue weighted by Gasteiger charge is 2.35. The van der Waals surface area contributed by atoms with Crippen molar-refractivity contribution in [2.45, 2.75) is 44.4 Å². The summed E-state index contributed by atoms with van der Waals surface area (Å²) in [5.41, 5.74) is 2.76. The number of hydrogen-bond acceptors (Lipinski definition) is 7. The maximum absolute atomic E-state index is 13.6. The van der Waals surface area contributed by atoms with Crippen molar-refractivity contribution in [3.8, 4) is 22.6 Å². The van der Waals surface area contributed by atoms with E-state index in [1.54, 1.807) is 34.2 Å². The van der Waals surface area contributed by atoms with Gasteiger partial charge in [0.05, 0.1) is 11.6 Å². The number of nitrogens with one attached hydrogen (secondary N) is 2. The fraction of sp³-hybridized carbons (Fsp3) is 0.364. The molecule has 2 saturated heterocycles. The van der Waals surface area contributed by atoms with Gasteiger partial charge in [-0.05, 0) is 47.9 Å². The van der Waals surface area contributed by atoms with E-state index in [9.17, 15) is 19.2 Å². The first-order valence-corrected chi connectivity index (χ1v) is 15.0. The lowest BCUT2D eigenvalue weighted by Crippen LogP contribution is -2.58. The van der Waals surface area contributed by atoms with Crippen LogP contribution in [0.1, 0.15) is 41.6 Å². The molecule has 2 aromatic carbocycles. The Morgan fingerprint density at radius 1 is 0.955 bits per heavy atom. The molecule has 11 nitrogen and oxygen atoms in total. The quantitative estimate of drug-likeness (QED) is 0.475. The van der Waals surface area contributed by atoms with E-state index in [0.29, 0.717) is 61.6 Å². The maximum atomic E-state index is 13.6. The summed E-state index contributed by atoms with van der Waals surface area (Å²) < 4.78 is 12.1. The summed E-state index contributed by atoms with van der Waals surface area (Å²) in [6.45, 7) is 2.05. The zero-order valence-corrected chi connectivity index (χ0v) is 24.4. The first-order chi connectivity index (χ1) is 21.4. The van der Waals surface area contributed by atoms with E-state index in [1.165, 1.54) is 6.20 Å². The number of pyridine rings is 1. The van der Waals surface area contributed by atoms with Gasteiger partial charge in [-0.1, -0.05) is 24.3 Å². The Balaban J connectivity index is 1.24. The van der Waals surface area contributed by atoms with E-state index in [2.05, 4.69) is 15.6 Å².